The molecule has 5 heteroatoms. The lowest BCUT2D eigenvalue weighted by molar-refractivity contribution is -0.120. The van der Waals surface area contributed by atoms with Crippen molar-refractivity contribution in [3.63, 3.8) is 0 Å². The highest BCUT2D eigenvalue weighted by atomic mass is 16.5. The van der Waals surface area contributed by atoms with Crippen molar-refractivity contribution in [3.8, 4) is 5.75 Å². The summed E-state index contributed by atoms with van der Waals surface area (Å²) < 4.78 is 5.84. The second-order valence-corrected chi connectivity index (χ2v) is 6.99. The van der Waals surface area contributed by atoms with Crippen LogP contribution in [-0.2, 0) is 17.8 Å². The predicted octanol–water partition coefficient (Wildman–Crippen LogP) is 2.08. The Morgan fingerprint density at radius 2 is 1.92 bits per heavy atom. The van der Waals surface area contributed by atoms with Gasteiger partial charge in [0.15, 0.2) is 0 Å². The zero-order valence-electron chi connectivity index (χ0n) is 14.5. The molecule has 5 nitrogen and oxygen atoms in total. The number of nitrogens with two attached hydrogens (primary N) is 1. The zero-order valence-corrected chi connectivity index (χ0v) is 14.5. The van der Waals surface area contributed by atoms with Crippen LogP contribution in [0, 0.1) is 0 Å². The van der Waals surface area contributed by atoms with E-state index >= 15 is 0 Å². The Morgan fingerprint density at radius 3 is 2.64 bits per heavy atom. The van der Waals surface area contributed by atoms with Crippen molar-refractivity contribution in [1.82, 2.24) is 5.32 Å². The predicted molar refractivity (Wildman–Crippen MR) is 96.1 cm³/mol. The molecule has 2 aromatic rings. The summed E-state index contributed by atoms with van der Waals surface area (Å²) >= 11 is 0. The van der Waals surface area contributed by atoms with Gasteiger partial charge in [-0.25, -0.2) is 0 Å². The van der Waals surface area contributed by atoms with Crippen molar-refractivity contribution >= 4 is 5.91 Å². The van der Waals surface area contributed by atoms with Crippen LogP contribution in [0.15, 0.2) is 48.5 Å². The Labute approximate surface area is 147 Å². The average Bonchev–Trinajstić information content (AvgIpc) is 2.59. The smallest absolute Gasteiger partial charge is 0.224 e. The van der Waals surface area contributed by atoms with Gasteiger partial charge in [0, 0.05) is 12.1 Å². The van der Waals surface area contributed by atoms with Crippen LogP contribution < -0.4 is 15.8 Å². The lowest BCUT2D eigenvalue weighted by atomic mass is 9.86. The molecule has 0 radical (unpaired) electrons. The molecule has 1 heterocycles. The molecule has 2 unspecified atom stereocenters. The molecule has 0 aromatic heterocycles. The quantitative estimate of drug-likeness (QED) is 0.795. The van der Waals surface area contributed by atoms with Crippen LogP contribution in [-0.4, -0.2) is 22.7 Å². The second-order valence-electron chi connectivity index (χ2n) is 6.99. The average molecular weight is 340 g/mol. The molecule has 0 bridgehead atoms. The molecule has 4 N–H and O–H groups in total. The van der Waals surface area contributed by atoms with Crippen LogP contribution in [0.25, 0.3) is 0 Å². The number of ether oxygens (including phenoxy) is 1. The monoisotopic (exact) mass is 340 g/mol. The first kappa shape index (κ1) is 17.5. The van der Waals surface area contributed by atoms with Crippen molar-refractivity contribution in [2.24, 2.45) is 5.73 Å². The molecule has 132 valence electrons. The molecule has 2 atom stereocenters. The second kappa shape index (κ2) is 6.86. The summed E-state index contributed by atoms with van der Waals surface area (Å²) in [6, 6.07) is 14.8. The van der Waals surface area contributed by atoms with E-state index in [1.807, 2.05) is 62.4 Å². The highest BCUT2D eigenvalue weighted by Crippen LogP contribution is 2.38. The number of amides is 1. The third-order valence-electron chi connectivity index (χ3n) is 4.56. The van der Waals surface area contributed by atoms with Crippen molar-refractivity contribution in [2.75, 3.05) is 0 Å². The number of hydrogen-bond acceptors (Lipinski definition) is 4. The van der Waals surface area contributed by atoms with E-state index in [-0.39, 0.29) is 12.3 Å². The van der Waals surface area contributed by atoms with Gasteiger partial charge in [0.05, 0.1) is 12.5 Å². The van der Waals surface area contributed by atoms with Crippen LogP contribution in [0.3, 0.4) is 0 Å². The van der Waals surface area contributed by atoms with Crippen LogP contribution in [0.5, 0.6) is 5.75 Å². The highest BCUT2D eigenvalue weighted by molar-refractivity contribution is 5.78. The molecule has 1 aliphatic heterocycles. The van der Waals surface area contributed by atoms with E-state index in [0.717, 1.165) is 16.7 Å². The summed E-state index contributed by atoms with van der Waals surface area (Å²) in [5, 5.41) is 13.2. The molecule has 1 amide bonds. The van der Waals surface area contributed by atoms with Gasteiger partial charge in [-0.05, 0) is 37.1 Å². The van der Waals surface area contributed by atoms with E-state index in [0.29, 0.717) is 12.3 Å². The number of rotatable bonds is 4. The first-order chi connectivity index (χ1) is 11.9. The van der Waals surface area contributed by atoms with Crippen LogP contribution in [0.2, 0.25) is 0 Å². The van der Waals surface area contributed by atoms with Crippen molar-refractivity contribution in [1.29, 1.82) is 0 Å². The van der Waals surface area contributed by atoms with Gasteiger partial charge < -0.3 is 20.9 Å². The molecule has 25 heavy (non-hydrogen) atoms. The van der Waals surface area contributed by atoms with E-state index in [2.05, 4.69) is 5.32 Å². The van der Waals surface area contributed by atoms with Gasteiger partial charge in [-0.15, -0.1) is 0 Å². The topological polar surface area (TPSA) is 84.6 Å². The van der Waals surface area contributed by atoms with Crippen molar-refractivity contribution < 1.29 is 14.6 Å². The summed E-state index contributed by atoms with van der Waals surface area (Å²) in [4.78, 5) is 12.2. The molecular formula is C20H24N2O3. The van der Waals surface area contributed by atoms with Crippen LogP contribution in [0.1, 0.15) is 36.6 Å². The van der Waals surface area contributed by atoms with Gasteiger partial charge in [0.2, 0.25) is 5.91 Å². The molecule has 2 aromatic carbocycles. The standard InChI is InChI=1S/C20H24N2O3/c1-20(2)19(24)18(21)15-10-14(8-9-16(15)25-20)11-17(23)22-12-13-6-4-3-5-7-13/h3-10,18-19,24H,11-12,21H2,1-2H3,(H,22,23). The Kier molecular flexibility index (Phi) is 4.79. The molecule has 0 fully saturated rings. The first-order valence-corrected chi connectivity index (χ1v) is 8.43. The van der Waals surface area contributed by atoms with E-state index in [1.165, 1.54) is 0 Å². The molecular weight excluding hydrogens is 316 g/mol. The number of aliphatic hydroxyl groups is 1. The van der Waals surface area contributed by atoms with E-state index in [4.69, 9.17) is 10.5 Å². The van der Waals surface area contributed by atoms with E-state index < -0.39 is 17.7 Å². The summed E-state index contributed by atoms with van der Waals surface area (Å²) in [6.07, 6.45) is -0.547. The van der Waals surface area contributed by atoms with Gasteiger partial charge in [-0.1, -0.05) is 36.4 Å². The van der Waals surface area contributed by atoms with Crippen molar-refractivity contribution in [3.05, 3.63) is 65.2 Å². The normalized spacial score (nSPS) is 21.1. The van der Waals surface area contributed by atoms with Crippen molar-refractivity contribution in [2.45, 2.75) is 44.6 Å². The SMILES string of the molecule is CC1(C)Oc2ccc(CC(=O)NCc3ccccc3)cc2C(N)C1O. The highest BCUT2D eigenvalue weighted by Gasteiger charge is 2.41. The van der Waals surface area contributed by atoms with Crippen LogP contribution in [0.4, 0.5) is 0 Å². The first-order valence-electron chi connectivity index (χ1n) is 8.43. The Balaban J connectivity index is 1.67. The maximum atomic E-state index is 12.2. The maximum Gasteiger partial charge on any atom is 0.224 e. The Hall–Kier alpha value is -2.37. The van der Waals surface area contributed by atoms with E-state index in [9.17, 15) is 9.90 Å². The summed E-state index contributed by atoms with van der Waals surface area (Å²) in [7, 11) is 0. The third kappa shape index (κ3) is 3.83. The fourth-order valence-electron chi connectivity index (χ4n) is 3.05. The number of fused-ring (bicyclic) bond motifs is 1. The van der Waals surface area contributed by atoms with Gasteiger partial charge in [-0.2, -0.15) is 0 Å². The van der Waals surface area contributed by atoms with E-state index in [1.54, 1.807) is 0 Å². The molecule has 1 aliphatic rings. The van der Waals surface area contributed by atoms with Crippen LogP contribution >= 0.6 is 0 Å². The third-order valence-corrected chi connectivity index (χ3v) is 4.56. The minimum Gasteiger partial charge on any atom is -0.485 e. The van der Waals surface area contributed by atoms with Gasteiger partial charge in [0.1, 0.15) is 17.5 Å². The van der Waals surface area contributed by atoms with Gasteiger partial charge in [-0.3, -0.25) is 4.79 Å². The molecule has 3 rings (SSSR count). The van der Waals surface area contributed by atoms with Gasteiger partial charge >= 0.3 is 0 Å². The Morgan fingerprint density at radius 1 is 1.20 bits per heavy atom. The number of aliphatic hydroxyl groups excluding tert-OH is 1. The lowest BCUT2D eigenvalue weighted by Gasteiger charge is -2.40. The van der Waals surface area contributed by atoms with Gasteiger partial charge in [0.25, 0.3) is 0 Å². The maximum absolute atomic E-state index is 12.2. The number of benzene rings is 2. The zero-order chi connectivity index (χ0) is 18.0. The summed E-state index contributed by atoms with van der Waals surface area (Å²) in [5.74, 6) is 0.603. The largest absolute Gasteiger partial charge is 0.485 e. The number of carbonyl (C=O) groups excluding carboxylic acids is 1. The minimum atomic E-state index is -0.804. The summed E-state index contributed by atoms with van der Waals surface area (Å²) in [6.45, 7) is 4.12. The Bertz CT molecular complexity index is 759. The molecule has 0 aliphatic carbocycles. The fourth-order valence-corrected chi connectivity index (χ4v) is 3.05. The molecule has 0 spiro atoms. The fraction of sp³-hybridized carbons (Fsp3) is 0.350. The molecule has 0 saturated heterocycles. The number of carbonyl (C=O) groups is 1. The molecule has 0 saturated carbocycles. The minimum absolute atomic E-state index is 0.0602. The number of hydrogen-bond donors (Lipinski definition) is 3. The summed E-state index contributed by atoms with van der Waals surface area (Å²) in [5.41, 5.74) is 8.07. The lowest BCUT2D eigenvalue weighted by Crippen LogP contribution is -2.51. The number of nitrogens with one attached hydrogen (secondary N) is 1.